The first kappa shape index (κ1) is 33.2. The van der Waals surface area contributed by atoms with E-state index in [-0.39, 0.29) is 25.0 Å². The van der Waals surface area contributed by atoms with Crippen molar-refractivity contribution >= 4 is 40.5 Å². The Balaban J connectivity index is 1.58. The lowest BCUT2D eigenvalue weighted by Gasteiger charge is -2.25. The lowest BCUT2D eigenvalue weighted by atomic mass is 10.0. The minimum absolute atomic E-state index is 0.00334. The number of benzene rings is 3. The van der Waals surface area contributed by atoms with Gasteiger partial charge in [-0.05, 0) is 34.9 Å². The summed E-state index contributed by atoms with van der Waals surface area (Å²) in [4.78, 5) is 66.9. The molecule has 0 aliphatic rings. The molecule has 0 fully saturated rings. The molecule has 0 bridgehead atoms. The van der Waals surface area contributed by atoms with Gasteiger partial charge in [-0.3, -0.25) is 19.2 Å². The van der Waals surface area contributed by atoms with E-state index in [1.54, 1.807) is 48.7 Å². The number of aromatic hydroxyl groups is 1. The van der Waals surface area contributed by atoms with Crippen LogP contribution in [0.15, 0.2) is 85.1 Å². The van der Waals surface area contributed by atoms with Crippen LogP contribution in [0.1, 0.15) is 23.1 Å². The predicted octanol–water partition coefficient (Wildman–Crippen LogP) is 0.643. The van der Waals surface area contributed by atoms with Gasteiger partial charge in [0.25, 0.3) is 0 Å². The molecule has 3 aromatic carbocycles. The number of aromatic nitrogens is 1. The summed E-state index contributed by atoms with van der Waals surface area (Å²) in [6.45, 7) is 0. The van der Waals surface area contributed by atoms with Gasteiger partial charge >= 0.3 is 5.97 Å². The number of fused-ring (bicyclic) bond motifs is 1. The Bertz CT molecular complexity index is 1690. The van der Waals surface area contributed by atoms with Gasteiger partial charge < -0.3 is 42.6 Å². The summed E-state index contributed by atoms with van der Waals surface area (Å²) in [5.41, 5.74) is 13.7. The fourth-order valence-electron chi connectivity index (χ4n) is 4.99. The number of phenols is 1. The third-order valence-electron chi connectivity index (χ3n) is 7.40. The molecule has 1 aromatic heterocycles. The summed E-state index contributed by atoms with van der Waals surface area (Å²) in [7, 11) is 0. The van der Waals surface area contributed by atoms with E-state index in [0.717, 1.165) is 10.9 Å². The van der Waals surface area contributed by atoms with Crippen molar-refractivity contribution in [1.29, 1.82) is 0 Å². The van der Waals surface area contributed by atoms with Gasteiger partial charge in [-0.15, -0.1) is 0 Å². The number of H-pyrrole nitrogens is 1. The summed E-state index contributed by atoms with van der Waals surface area (Å²) in [6.07, 6.45) is 1.17. The summed E-state index contributed by atoms with van der Waals surface area (Å²) >= 11 is 0. The zero-order chi connectivity index (χ0) is 33.2. The Morgan fingerprint density at radius 1 is 0.696 bits per heavy atom. The zero-order valence-corrected chi connectivity index (χ0v) is 24.8. The Kier molecular flexibility index (Phi) is 11.1. The van der Waals surface area contributed by atoms with Gasteiger partial charge in [0.2, 0.25) is 23.6 Å². The predicted molar refractivity (Wildman–Crippen MR) is 169 cm³/mol. The maximum absolute atomic E-state index is 13.7. The Hall–Kier alpha value is -5.69. The largest absolute Gasteiger partial charge is 0.508 e. The summed E-state index contributed by atoms with van der Waals surface area (Å²) in [5, 5.41) is 28.3. The van der Waals surface area contributed by atoms with E-state index in [1.807, 2.05) is 24.3 Å². The summed E-state index contributed by atoms with van der Waals surface area (Å²) < 4.78 is 0. The van der Waals surface area contributed by atoms with Crippen LogP contribution in [-0.4, -0.2) is 69.0 Å². The van der Waals surface area contributed by atoms with Crippen molar-refractivity contribution in [1.82, 2.24) is 20.9 Å². The smallest absolute Gasteiger partial charge is 0.326 e. The molecule has 0 aliphatic heterocycles. The molecule has 46 heavy (non-hydrogen) atoms. The number of hydrogen-bond donors (Lipinski definition) is 8. The number of aliphatic carboxylic acids is 1. The first-order chi connectivity index (χ1) is 22.0. The molecule has 1 heterocycles. The molecular weight excluding hydrogens is 592 g/mol. The Morgan fingerprint density at radius 2 is 1.24 bits per heavy atom. The number of aromatic amines is 1. The normalized spacial score (nSPS) is 13.6. The van der Waals surface area contributed by atoms with Crippen molar-refractivity contribution in [2.24, 2.45) is 11.5 Å². The second-order valence-corrected chi connectivity index (χ2v) is 10.9. The topological polar surface area (TPSA) is 230 Å². The molecule has 13 heteroatoms. The third kappa shape index (κ3) is 9.16. The van der Waals surface area contributed by atoms with Crippen molar-refractivity contribution < 1.29 is 34.2 Å². The van der Waals surface area contributed by atoms with Crippen molar-refractivity contribution in [3.63, 3.8) is 0 Å². The van der Waals surface area contributed by atoms with Gasteiger partial charge in [-0.25, -0.2) is 4.79 Å². The average Bonchev–Trinajstić information content (AvgIpc) is 3.43. The zero-order valence-electron chi connectivity index (χ0n) is 24.8. The molecule has 0 saturated heterocycles. The number of primary amides is 1. The van der Waals surface area contributed by atoms with Crippen LogP contribution < -0.4 is 27.4 Å². The quantitative estimate of drug-likeness (QED) is 0.0929. The van der Waals surface area contributed by atoms with E-state index in [0.29, 0.717) is 16.7 Å². The van der Waals surface area contributed by atoms with Crippen molar-refractivity contribution in [2.75, 3.05) is 0 Å². The first-order valence-corrected chi connectivity index (χ1v) is 14.5. The number of rotatable bonds is 15. The van der Waals surface area contributed by atoms with Crippen LogP contribution in [0, 0.1) is 0 Å². The van der Waals surface area contributed by atoms with Crippen LogP contribution in [-0.2, 0) is 43.2 Å². The average molecular weight is 629 g/mol. The molecule has 4 unspecified atom stereocenters. The molecule has 240 valence electrons. The second kappa shape index (κ2) is 15.3. The number of carboxylic acids is 1. The number of hydrogen-bond acceptors (Lipinski definition) is 7. The highest BCUT2D eigenvalue weighted by Gasteiger charge is 2.31. The SMILES string of the molecule is NC(=O)CC(N)C(=O)NC(Cc1ccccc1)C(=O)NC(Cc1ccc(O)cc1)C(=O)NC(Cc1c[nH]c2ccccc12)C(=O)O. The fourth-order valence-corrected chi connectivity index (χ4v) is 4.99. The fraction of sp³-hybridized carbons (Fsp3) is 0.242. The molecule has 13 nitrogen and oxygen atoms in total. The van der Waals surface area contributed by atoms with Crippen LogP contribution in [0.3, 0.4) is 0 Å². The van der Waals surface area contributed by atoms with E-state index >= 15 is 0 Å². The Morgan fingerprint density at radius 3 is 1.85 bits per heavy atom. The van der Waals surface area contributed by atoms with Gasteiger partial charge in [-0.2, -0.15) is 0 Å². The summed E-state index contributed by atoms with van der Waals surface area (Å²) in [6, 6.07) is 17.0. The van der Waals surface area contributed by atoms with Crippen LogP contribution in [0.4, 0.5) is 0 Å². The van der Waals surface area contributed by atoms with E-state index in [4.69, 9.17) is 11.5 Å². The molecule has 0 radical (unpaired) electrons. The highest BCUT2D eigenvalue weighted by Crippen LogP contribution is 2.19. The maximum Gasteiger partial charge on any atom is 0.326 e. The standard InChI is InChI=1S/C33H36N6O7/c34-24(17-29(35)41)30(42)37-26(14-19-6-2-1-3-7-19)31(43)38-27(15-20-10-12-22(40)13-11-20)32(44)39-28(33(45)46)16-21-18-36-25-9-5-4-8-23(21)25/h1-13,18,24,26-28,36,40H,14-17,34H2,(H2,35,41)(H,37,42)(H,38,43)(H,39,44)(H,45,46). The highest BCUT2D eigenvalue weighted by molar-refractivity contribution is 5.95. The second-order valence-electron chi connectivity index (χ2n) is 10.9. The number of nitrogens with one attached hydrogen (secondary N) is 4. The van der Waals surface area contributed by atoms with Crippen molar-refractivity contribution in [2.45, 2.75) is 49.9 Å². The minimum atomic E-state index is -1.34. The number of para-hydroxylation sites is 1. The van der Waals surface area contributed by atoms with Crippen LogP contribution in [0.2, 0.25) is 0 Å². The maximum atomic E-state index is 13.7. The molecule has 4 atom stereocenters. The summed E-state index contributed by atoms with van der Waals surface area (Å²) in [5.74, 6) is -4.38. The molecular formula is C33H36N6O7. The number of amides is 4. The van der Waals surface area contributed by atoms with Gasteiger partial charge in [0.1, 0.15) is 23.9 Å². The van der Waals surface area contributed by atoms with E-state index in [1.165, 1.54) is 12.1 Å². The lowest BCUT2D eigenvalue weighted by Crippen LogP contribution is -2.58. The van der Waals surface area contributed by atoms with Gasteiger partial charge in [0.15, 0.2) is 0 Å². The van der Waals surface area contributed by atoms with Crippen molar-refractivity contribution in [3.05, 3.63) is 102 Å². The third-order valence-corrected chi connectivity index (χ3v) is 7.40. The molecule has 0 saturated carbocycles. The molecule has 4 rings (SSSR count). The van der Waals surface area contributed by atoms with Crippen LogP contribution in [0.25, 0.3) is 10.9 Å². The Labute approximate surface area is 264 Å². The molecule has 4 amide bonds. The van der Waals surface area contributed by atoms with Gasteiger partial charge in [-0.1, -0.05) is 60.7 Å². The van der Waals surface area contributed by atoms with Gasteiger partial charge in [0.05, 0.1) is 12.5 Å². The van der Waals surface area contributed by atoms with E-state index in [9.17, 15) is 34.2 Å². The van der Waals surface area contributed by atoms with E-state index in [2.05, 4.69) is 20.9 Å². The molecule has 10 N–H and O–H groups in total. The lowest BCUT2D eigenvalue weighted by molar-refractivity contribution is -0.142. The van der Waals surface area contributed by atoms with E-state index < -0.39 is 60.2 Å². The molecule has 4 aromatic rings. The molecule has 0 aliphatic carbocycles. The number of carboxylic acid groups (broad SMARTS) is 1. The minimum Gasteiger partial charge on any atom is -0.508 e. The first-order valence-electron chi connectivity index (χ1n) is 14.5. The number of carbonyl (C=O) groups is 5. The molecule has 0 spiro atoms. The monoisotopic (exact) mass is 628 g/mol. The number of carbonyl (C=O) groups excluding carboxylic acids is 4. The number of phenolic OH excluding ortho intramolecular Hbond substituents is 1. The number of nitrogens with two attached hydrogens (primary N) is 2. The van der Waals surface area contributed by atoms with Crippen molar-refractivity contribution in [3.8, 4) is 5.75 Å². The van der Waals surface area contributed by atoms with Crippen LogP contribution >= 0.6 is 0 Å². The van der Waals surface area contributed by atoms with Crippen LogP contribution in [0.5, 0.6) is 5.75 Å². The van der Waals surface area contributed by atoms with Gasteiger partial charge in [0, 0.05) is 36.4 Å². The highest BCUT2D eigenvalue weighted by atomic mass is 16.4.